The molecule has 55 heavy (non-hydrogen) atoms. The molecule has 2 unspecified atom stereocenters. The second-order valence-electron chi connectivity index (χ2n) is 15.2. The van der Waals surface area contributed by atoms with Crippen molar-refractivity contribution in [1.29, 1.82) is 0 Å². The number of nitrogens with one attached hydrogen (secondary N) is 1. The topological polar surface area (TPSA) is 51.4 Å². The molecule has 0 bridgehead atoms. The number of rotatable bonds is 5. The summed E-state index contributed by atoms with van der Waals surface area (Å²) in [7, 11) is 0. The van der Waals surface area contributed by atoms with E-state index in [9.17, 15) is 0 Å². The summed E-state index contributed by atoms with van der Waals surface area (Å²) in [5.74, 6) is 0.595. The van der Waals surface area contributed by atoms with Crippen LogP contribution in [0, 0.1) is 6.92 Å². The van der Waals surface area contributed by atoms with Crippen LogP contribution in [0.1, 0.15) is 53.5 Å². The number of benzene rings is 5. The molecular weight excluding hydrogens is 671 g/mol. The third-order valence-electron chi connectivity index (χ3n) is 12.1. The van der Waals surface area contributed by atoms with Crippen LogP contribution < -0.4 is 0 Å². The number of aromatic amines is 1. The van der Waals surface area contributed by atoms with Crippen molar-refractivity contribution in [3.8, 4) is 33.6 Å². The lowest BCUT2D eigenvalue weighted by atomic mass is 9.70. The predicted octanol–water partition coefficient (Wildman–Crippen LogP) is 12.5. The van der Waals surface area contributed by atoms with E-state index in [4.69, 9.17) is 4.98 Å². The molecule has 264 valence electrons. The van der Waals surface area contributed by atoms with Gasteiger partial charge in [-0.2, -0.15) is 0 Å². The van der Waals surface area contributed by atoms with Crippen molar-refractivity contribution in [1.82, 2.24) is 24.1 Å². The second-order valence-corrected chi connectivity index (χ2v) is 15.2. The molecule has 1 aliphatic carbocycles. The molecule has 1 aliphatic rings. The Balaban J connectivity index is 1.03. The van der Waals surface area contributed by atoms with Crippen LogP contribution in [-0.4, -0.2) is 24.1 Å². The van der Waals surface area contributed by atoms with Gasteiger partial charge in [-0.1, -0.05) is 74.0 Å². The highest BCUT2D eigenvalue weighted by Gasteiger charge is 2.32. The quantitative estimate of drug-likeness (QED) is 0.193. The van der Waals surface area contributed by atoms with Crippen LogP contribution in [0.4, 0.5) is 0 Å². The highest BCUT2D eigenvalue weighted by Crippen LogP contribution is 2.50. The summed E-state index contributed by atoms with van der Waals surface area (Å²) in [6, 6.07) is 47.3. The van der Waals surface area contributed by atoms with Crippen molar-refractivity contribution in [2.24, 2.45) is 0 Å². The van der Waals surface area contributed by atoms with Crippen LogP contribution in [0.2, 0.25) is 0 Å². The van der Waals surface area contributed by atoms with E-state index in [1.54, 1.807) is 0 Å². The standard InChI is InChI=1S/C50H39N5/c1-4-32-9-11-33(12-10-32)48-31(3)38-18-17-37(28-42(38)45-29-51-24-21-39(45)48)55-47-20-14-35(27-44(47)41-22-25-53-50(41)55)34-13-19-46-43(26-34)40-6-5-23-52-49(40)54(46)36-15-7-30(2)8-16-36/h5-29,31,48,53H,4H2,1-3H3. The molecule has 0 aliphatic heterocycles. The fourth-order valence-electron chi connectivity index (χ4n) is 9.35. The fraction of sp³-hybridized carbons (Fsp3) is 0.120. The average molecular weight is 710 g/mol. The Morgan fingerprint density at radius 2 is 1.38 bits per heavy atom. The van der Waals surface area contributed by atoms with Gasteiger partial charge in [-0.15, -0.1) is 0 Å². The number of aromatic nitrogens is 5. The van der Waals surface area contributed by atoms with Crippen molar-refractivity contribution in [3.63, 3.8) is 0 Å². The van der Waals surface area contributed by atoms with Crippen LogP contribution in [0.5, 0.6) is 0 Å². The second kappa shape index (κ2) is 12.2. The van der Waals surface area contributed by atoms with Gasteiger partial charge in [0.1, 0.15) is 11.3 Å². The number of pyridine rings is 2. The Morgan fingerprint density at radius 1 is 0.636 bits per heavy atom. The van der Waals surface area contributed by atoms with Gasteiger partial charge < -0.3 is 4.98 Å². The molecule has 0 spiro atoms. The molecule has 0 fully saturated rings. The van der Waals surface area contributed by atoms with E-state index in [1.165, 1.54) is 71.7 Å². The smallest absolute Gasteiger partial charge is 0.145 e. The van der Waals surface area contributed by atoms with Crippen LogP contribution in [0.15, 0.2) is 152 Å². The Hall–Kier alpha value is -6.72. The monoisotopic (exact) mass is 709 g/mol. The molecule has 11 rings (SSSR count). The zero-order valence-electron chi connectivity index (χ0n) is 31.1. The zero-order chi connectivity index (χ0) is 36.8. The summed E-state index contributed by atoms with van der Waals surface area (Å²) in [5, 5.41) is 4.78. The Kier molecular flexibility index (Phi) is 7.02. The molecule has 0 saturated heterocycles. The Labute approximate surface area is 319 Å². The van der Waals surface area contributed by atoms with Gasteiger partial charge in [-0.05, 0) is 131 Å². The molecule has 1 N–H and O–H groups in total. The third-order valence-corrected chi connectivity index (χ3v) is 12.1. The predicted molar refractivity (Wildman–Crippen MR) is 227 cm³/mol. The van der Waals surface area contributed by atoms with Crippen molar-refractivity contribution in [3.05, 3.63) is 180 Å². The molecule has 5 aromatic heterocycles. The van der Waals surface area contributed by atoms with Crippen molar-refractivity contribution < 1.29 is 0 Å². The van der Waals surface area contributed by atoms with Crippen LogP contribution >= 0.6 is 0 Å². The summed E-state index contributed by atoms with van der Waals surface area (Å²) in [4.78, 5) is 13.1. The largest absolute Gasteiger partial charge is 0.347 e. The molecule has 5 heteroatoms. The maximum atomic E-state index is 4.84. The van der Waals surface area contributed by atoms with E-state index in [0.29, 0.717) is 5.92 Å². The summed E-state index contributed by atoms with van der Waals surface area (Å²) in [5.41, 5.74) is 18.2. The summed E-state index contributed by atoms with van der Waals surface area (Å²) in [6.07, 6.45) is 9.00. The van der Waals surface area contributed by atoms with Gasteiger partial charge >= 0.3 is 0 Å². The number of hydrogen-bond acceptors (Lipinski definition) is 2. The minimum Gasteiger partial charge on any atom is -0.347 e. The fourth-order valence-corrected chi connectivity index (χ4v) is 9.35. The molecule has 5 nitrogen and oxygen atoms in total. The minimum atomic E-state index is 0.276. The van der Waals surface area contributed by atoms with Crippen LogP contribution in [0.3, 0.4) is 0 Å². The lowest BCUT2D eigenvalue weighted by Crippen LogP contribution is -2.17. The normalized spacial score (nSPS) is 15.3. The number of nitrogens with zero attached hydrogens (tertiary/aromatic N) is 4. The lowest BCUT2D eigenvalue weighted by molar-refractivity contribution is 0.648. The van der Waals surface area contributed by atoms with E-state index in [1.807, 2.05) is 18.5 Å². The number of hydrogen-bond donors (Lipinski definition) is 1. The first-order chi connectivity index (χ1) is 27.1. The summed E-state index contributed by atoms with van der Waals surface area (Å²) >= 11 is 0. The SMILES string of the molecule is CCc1ccc(C2c3ccncc3-c3cc(-n4c5ccc(-c6ccc7c(c6)c6cccnc6n7-c6ccc(C)cc6)cc5c5cc[nH]c54)ccc3C2C)cc1. The maximum Gasteiger partial charge on any atom is 0.145 e. The van der Waals surface area contributed by atoms with E-state index < -0.39 is 0 Å². The third kappa shape index (κ3) is 4.79. The Morgan fingerprint density at radius 3 is 2.16 bits per heavy atom. The van der Waals surface area contributed by atoms with Crippen LogP contribution in [-0.2, 0) is 6.42 Å². The van der Waals surface area contributed by atoms with Gasteiger partial charge in [0.15, 0.2) is 0 Å². The van der Waals surface area contributed by atoms with Crippen molar-refractivity contribution >= 4 is 43.9 Å². The molecule has 0 saturated carbocycles. The minimum absolute atomic E-state index is 0.276. The summed E-state index contributed by atoms with van der Waals surface area (Å²) in [6.45, 7) is 6.72. The number of H-pyrrole nitrogens is 1. The van der Waals surface area contributed by atoms with Gasteiger partial charge in [0.2, 0.25) is 0 Å². The lowest BCUT2D eigenvalue weighted by Gasteiger charge is -2.34. The van der Waals surface area contributed by atoms with Gasteiger partial charge in [-0.3, -0.25) is 14.1 Å². The molecule has 0 radical (unpaired) electrons. The molecule has 5 heterocycles. The van der Waals surface area contributed by atoms with Crippen molar-refractivity contribution in [2.45, 2.75) is 39.0 Å². The van der Waals surface area contributed by atoms with E-state index in [0.717, 1.165) is 40.0 Å². The molecule has 5 aromatic carbocycles. The number of fused-ring (bicyclic) bond motifs is 9. The average Bonchev–Trinajstić information content (AvgIpc) is 3.93. The molecular formula is C50H39N5. The highest BCUT2D eigenvalue weighted by atomic mass is 15.1. The van der Waals surface area contributed by atoms with Crippen molar-refractivity contribution in [2.75, 3.05) is 0 Å². The first kappa shape index (κ1) is 31.8. The van der Waals surface area contributed by atoms with E-state index in [-0.39, 0.29) is 5.92 Å². The van der Waals surface area contributed by atoms with E-state index >= 15 is 0 Å². The molecule has 0 amide bonds. The number of aryl methyl sites for hydroxylation is 2. The first-order valence-electron chi connectivity index (χ1n) is 19.3. The zero-order valence-corrected chi connectivity index (χ0v) is 31.1. The van der Waals surface area contributed by atoms with Gasteiger partial charge in [0, 0.05) is 69.2 Å². The first-order valence-corrected chi connectivity index (χ1v) is 19.3. The van der Waals surface area contributed by atoms with E-state index in [2.05, 4.69) is 174 Å². The van der Waals surface area contributed by atoms with Gasteiger partial charge in [0.05, 0.1) is 11.0 Å². The van der Waals surface area contributed by atoms with Crippen LogP contribution in [0.25, 0.3) is 77.5 Å². The molecule has 10 aromatic rings. The molecule has 2 atom stereocenters. The Bertz CT molecular complexity index is 3100. The van der Waals surface area contributed by atoms with Gasteiger partial charge in [0.25, 0.3) is 0 Å². The maximum absolute atomic E-state index is 4.84. The summed E-state index contributed by atoms with van der Waals surface area (Å²) < 4.78 is 4.66. The highest BCUT2D eigenvalue weighted by molar-refractivity contribution is 6.11. The van der Waals surface area contributed by atoms with Gasteiger partial charge in [-0.25, -0.2) is 4.98 Å².